The maximum Gasteiger partial charge on any atom is 0.257 e. The second-order valence-corrected chi connectivity index (χ2v) is 8.95. The molecule has 1 aliphatic carbocycles. The average Bonchev–Trinajstić information content (AvgIpc) is 3.61. The van der Waals surface area contributed by atoms with Crippen LogP contribution in [0.25, 0.3) is 27.9 Å². The number of alkyl halides is 1. The van der Waals surface area contributed by atoms with Gasteiger partial charge in [0, 0.05) is 43.6 Å². The molecular weight excluding hydrogens is 453 g/mol. The number of carbonyl (C=O) groups excluding carboxylic acids is 1. The number of amides is 1. The van der Waals surface area contributed by atoms with E-state index in [2.05, 4.69) is 25.3 Å². The number of anilines is 1. The van der Waals surface area contributed by atoms with Crippen LogP contribution >= 0.6 is 0 Å². The Kier molecular flexibility index (Phi) is 5.37. The number of carbonyl (C=O) groups is 1. The molecule has 0 aromatic carbocycles. The molecule has 11 heteroatoms. The van der Waals surface area contributed by atoms with Crippen LogP contribution < -0.4 is 10.6 Å². The van der Waals surface area contributed by atoms with Crippen LogP contribution in [-0.2, 0) is 9.47 Å². The van der Waals surface area contributed by atoms with Crippen LogP contribution in [0.5, 0.6) is 0 Å². The van der Waals surface area contributed by atoms with Crippen LogP contribution in [-0.4, -0.2) is 75.7 Å². The first-order valence-corrected chi connectivity index (χ1v) is 11.7. The molecule has 182 valence electrons. The van der Waals surface area contributed by atoms with E-state index in [1.807, 2.05) is 24.4 Å². The Balaban J connectivity index is 1.47. The van der Waals surface area contributed by atoms with Crippen molar-refractivity contribution in [2.45, 2.75) is 37.2 Å². The quantitative estimate of drug-likeness (QED) is 0.438. The van der Waals surface area contributed by atoms with Crippen molar-refractivity contribution in [2.75, 3.05) is 32.7 Å². The van der Waals surface area contributed by atoms with Gasteiger partial charge in [-0.15, -0.1) is 0 Å². The highest BCUT2D eigenvalue weighted by Crippen LogP contribution is 2.35. The van der Waals surface area contributed by atoms with Crippen molar-refractivity contribution in [1.29, 1.82) is 0 Å². The number of nitrogens with zero attached hydrogens (tertiary/aromatic N) is 5. The molecule has 1 saturated carbocycles. The Morgan fingerprint density at radius 1 is 1.29 bits per heavy atom. The van der Waals surface area contributed by atoms with Gasteiger partial charge >= 0.3 is 0 Å². The number of hydrogen-bond acceptors (Lipinski definition) is 7. The lowest BCUT2D eigenvalue weighted by Gasteiger charge is -2.30. The van der Waals surface area contributed by atoms with Crippen molar-refractivity contribution in [2.24, 2.45) is 0 Å². The summed E-state index contributed by atoms with van der Waals surface area (Å²) in [6, 6.07) is 5.28. The van der Waals surface area contributed by atoms with Gasteiger partial charge in [0.25, 0.3) is 5.91 Å². The number of ether oxygens (including phenoxy) is 2. The molecule has 2 N–H and O–H groups in total. The summed E-state index contributed by atoms with van der Waals surface area (Å²) >= 11 is 0. The summed E-state index contributed by atoms with van der Waals surface area (Å²) < 4.78 is 28.7. The summed E-state index contributed by atoms with van der Waals surface area (Å²) in [5.74, 6) is 0.286. The van der Waals surface area contributed by atoms with Crippen molar-refractivity contribution >= 4 is 28.4 Å². The van der Waals surface area contributed by atoms with Gasteiger partial charge < -0.3 is 24.7 Å². The van der Waals surface area contributed by atoms with Gasteiger partial charge in [-0.25, -0.2) is 14.4 Å². The first-order valence-electron chi connectivity index (χ1n) is 11.7. The Hall–Kier alpha value is -3.57. The Bertz CT molecular complexity index is 1420. The second kappa shape index (κ2) is 8.58. The fourth-order valence-electron chi connectivity index (χ4n) is 4.85. The smallest absolute Gasteiger partial charge is 0.257 e. The van der Waals surface area contributed by atoms with Gasteiger partial charge in [-0.2, -0.15) is 9.61 Å². The standard InChI is InChI=1S/C24H26FN7O3/c1-26-21-8-18(29-23-14(9-28-32(21)23)24(33)30-17-6-5-16(17)25)15-10-31(19-11-35-12-20(19)34-2)22-13(15)4-3-7-27-22/h3-4,7-10,16-17,19-20,26H,5-6,11-12H2,1-2H3,(H,30,33)/t16-,17+,19+,20+/m0/s1. The van der Waals surface area contributed by atoms with Crippen LogP contribution in [0.2, 0.25) is 0 Å². The molecule has 1 saturated heterocycles. The number of halogens is 1. The summed E-state index contributed by atoms with van der Waals surface area (Å²) in [5.41, 5.74) is 3.02. The molecule has 1 amide bonds. The monoisotopic (exact) mass is 479 g/mol. The van der Waals surface area contributed by atoms with E-state index < -0.39 is 12.2 Å². The minimum absolute atomic E-state index is 0.0221. The maximum atomic E-state index is 13.7. The summed E-state index contributed by atoms with van der Waals surface area (Å²) in [6.07, 6.45) is 5.25. The summed E-state index contributed by atoms with van der Waals surface area (Å²) in [6.45, 7) is 1.04. The summed E-state index contributed by atoms with van der Waals surface area (Å²) in [5, 5.41) is 11.2. The van der Waals surface area contributed by atoms with Crippen molar-refractivity contribution in [1.82, 2.24) is 29.5 Å². The number of hydrogen-bond donors (Lipinski definition) is 2. The maximum absolute atomic E-state index is 13.7. The summed E-state index contributed by atoms with van der Waals surface area (Å²) in [4.78, 5) is 22.4. The predicted molar refractivity (Wildman–Crippen MR) is 127 cm³/mol. The van der Waals surface area contributed by atoms with Gasteiger partial charge in [0.05, 0.1) is 37.2 Å². The van der Waals surface area contributed by atoms with Crippen molar-refractivity contribution in [3.63, 3.8) is 0 Å². The molecule has 35 heavy (non-hydrogen) atoms. The zero-order valence-electron chi connectivity index (χ0n) is 19.4. The van der Waals surface area contributed by atoms with Gasteiger partial charge in [-0.1, -0.05) is 0 Å². The van der Waals surface area contributed by atoms with Crippen molar-refractivity contribution in [3.8, 4) is 11.3 Å². The lowest BCUT2D eigenvalue weighted by Crippen LogP contribution is -2.48. The van der Waals surface area contributed by atoms with E-state index in [4.69, 9.17) is 14.5 Å². The van der Waals surface area contributed by atoms with Gasteiger partial charge in [0.15, 0.2) is 5.65 Å². The first kappa shape index (κ1) is 21.9. The molecule has 2 aliphatic rings. The number of aromatic nitrogens is 5. The molecule has 4 aromatic heterocycles. The molecule has 2 fully saturated rings. The number of methoxy groups -OCH3 is 1. The predicted octanol–water partition coefficient (Wildman–Crippen LogP) is 2.60. The molecular formula is C24H26FN7O3. The fourth-order valence-corrected chi connectivity index (χ4v) is 4.85. The largest absolute Gasteiger partial charge is 0.377 e. The Morgan fingerprint density at radius 3 is 2.91 bits per heavy atom. The first-order chi connectivity index (χ1) is 17.1. The molecule has 0 bridgehead atoms. The van der Waals surface area contributed by atoms with E-state index in [-0.39, 0.29) is 18.1 Å². The van der Waals surface area contributed by atoms with Gasteiger partial charge in [0.2, 0.25) is 0 Å². The van der Waals surface area contributed by atoms with Gasteiger partial charge in [-0.3, -0.25) is 4.79 Å². The summed E-state index contributed by atoms with van der Waals surface area (Å²) in [7, 11) is 3.47. The minimum Gasteiger partial charge on any atom is -0.377 e. The molecule has 5 heterocycles. The SMILES string of the molecule is CNc1cc(-c2cn([C@@H]3COC[C@H]3OC)c3ncccc23)nc2c(C(=O)N[C@@H]3CC[C@@H]3F)cnn12. The zero-order chi connectivity index (χ0) is 24.1. The molecule has 0 radical (unpaired) electrons. The van der Waals surface area contributed by atoms with Crippen LogP contribution in [0.4, 0.5) is 10.2 Å². The highest BCUT2D eigenvalue weighted by Gasteiger charge is 2.34. The van der Waals surface area contributed by atoms with E-state index in [1.54, 1.807) is 24.9 Å². The van der Waals surface area contributed by atoms with Crippen LogP contribution in [0, 0.1) is 0 Å². The number of pyridine rings is 1. The van der Waals surface area contributed by atoms with E-state index >= 15 is 0 Å². The highest BCUT2D eigenvalue weighted by molar-refractivity contribution is 6.01. The van der Waals surface area contributed by atoms with Crippen LogP contribution in [0.15, 0.2) is 36.8 Å². The third-order valence-electron chi connectivity index (χ3n) is 7.00. The van der Waals surface area contributed by atoms with Crippen molar-refractivity contribution < 1.29 is 18.7 Å². The molecule has 0 spiro atoms. The topological polar surface area (TPSA) is 108 Å². The lowest BCUT2D eigenvalue weighted by molar-refractivity contribution is 0.0692. The van der Waals surface area contributed by atoms with E-state index in [0.717, 1.165) is 16.6 Å². The molecule has 6 rings (SSSR count). The second-order valence-electron chi connectivity index (χ2n) is 8.95. The van der Waals surface area contributed by atoms with E-state index in [0.29, 0.717) is 48.8 Å². The molecule has 4 atom stereocenters. The van der Waals surface area contributed by atoms with E-state index in [9.17, 15) is 9.18 Å². The number of rotatable bonds is 6. The Morgan fingerprint density at radius 2 is 2.17 bits per heavy atom. The zero-order valence-corrected chi connectivity index (χ0v) is 19.4. The molecule has 4 aromatic rings. The number of fused-ring (bicyclic) bond motifs is 2. The Labute approximate surface area is 200 Å². The minimum atomic E-state index is -1.01. The lowest BCUT2D eigenvalue weighted by atomic mass is 9.90. The van der Waals surface area contributed by atoms with Gasteiger partial charge in [-0.05, 0) is 25.0 Å². The number of nitrogens with one attached hydrogen (secondary N) is 2. The van der Waals surface area contributed by atoms with Crippen LogP contribution in [0.3, 0.4) is 0 Å². The van der Waals surface area contributed by atoms with E-state index in [1.165, 1.54) is 6.20 Å². The normalized spacial score (nSPS) is 24.1. The van der Waals surface area contributed by atoms with Crippen LogP contribution in [0.1, 0.15) is 29.2 Å². The molecule has 0 unspecified atom stereocenters. The fraction of sp³-hybridized carbons (Fsp3) is 0.417. The molecule has 1 aliphatic heterocycles. The van der Waals surface area contributed by atoms with Gasteiger partial charge in [0.1, 0.15) is 29.3 Å². The van der Waals surface area contributed by atoms with Crippen molar-refractivity contribution in [3.05, 3.63) is 42.4 Å². The third kappa shape index (κ3) is 3.53. The third-order valence-corrected chi connectivity index (χ3v) is 7.00. The average molecular weight is 480 g/mol. The molecule has 10 nitrogen and oxygen atoms in total. The highest BCUT2D eigenvalue weighted by atomic mass is 19.1.